The van der Waals surface area contributed by atoms with Crippen LogP contribution >= 0.6 is 0 Å². The molecule has 1 aliphatic rings. The molecule has 1 aliphatic heterocycles. The molecule has 42 heavy (non-hydrogen) atoms. The van der Waals surface area contributed by atoms with Crippen LogP contribution in [-0.4, -0.2) is 67.0 Å². The summed E-state index contributed by atoms with van der Waals surface area (Å²) in [6, 6.07) is 7.89. The van der Waals surface area contributed by atoms with E-state index in [9.17, 15) is 27.2 Å². The lowest BCUT2D eigenvalue weighted by Crippen LogP contribution is -2.40. The fourth-order valence-electron chi connectivity index (χ4n) is 4.75. The van der Waals surface area contributed by atoms with Gasteiger partial charge in [-0.15, -0.1) is 0 Å². The molecular formula is C30H38F4N2O6. The minimum atomic E-state index is -5.04. The number of hydrogen-bond donors (Lipinski definition) is 0. The third kappa shape index (κ3) is 8.65. The van der Waals surface area contributed by atoms with Crippen LogP contribution in [0.15, 0.2) is 36.4 Å². The minimum absolute atomic E-state index is 0.0891. The quantitative estimate of drug-likeness (QED) is 0.285. The van der Waals surface area contributed by atoms with Gasteiger partial charge < -0.3 is 28.7 Å². The maximum absolute atomic E-state index is 14.2. The average Bonchev–Trinajstić information content (AvgIpc) is 3.39. The number of nitrogens with zero attached hydrogens (tertiary/aromatic N) is 2. The van der Waals surface area contributed by atoms with E-state index < -0.39 is 41.7 Å². The van der Waals surface area contributed by atoms with Gasteiger partial charge in [-0.3, -0.25) is 4.79 Å². The van der Waals surface area contributed by atoms with Crippen molar-refractivity contribution in [2.24, 2.45) is 0 Å². The Labute approximate surface area is 243 Å². The second-order valence-corrected chi connectivity index (χ2v) is 11.1. The monoisotopic (exact) mass is 598 g/mol. The van der Waals surface area contributed by atoms with E-state index in [1.807, 2.05) is 0 Å². The van der Waals surface area contributed by atoms with Crippen LogP contribution in [0.4, 0.5) is 22.4 Å². The van der Waals surface area contributed by atoms with E-state index in [4.69, 9.17) is 18.9 Å². The van der Waals surface area contributed by atoms with Gasteiger partial charge in [0, 0.05) is 36.7 Å². The summed E-state index contributed by atoms with van der Waals surface area (Å²) < 4.78 is 76.3. The first-order chi connectivity index (χ1) is 19.6. The van der Waals surface area contributed by atoms with Gasteiger partial charge in [-0.2, -0.15) is 13.2 Å². The molecule has 0 aromatic heterocycles. The summed E-state index contributed by atoms with van der Waals surface area (Å²) in [5.41, 5.74) is 0.143. The highest BCUT2D eigenvalue weighted by atomic mass is 19.4. The van der Waals surface area contributed by atoms with Gasteiger partial charge in [0.1, 0.15) is 28.7 Å². The second kappa shape index (κ2) is 13.5. The van der Waals surface area contributed by atoms with Crippen LogP contribution in [-0.2, 0) is 16.1 Å². The topological polar surface area (TPSA) is 77.5 Å². The lowest BCUT2D eigenvalue weighted by atomic mass is 10.0. The van der Waals surface area contributed by atoms with Crippen molar-refractivity contribution in [2.75, 3.05) is 27.3 Å². The van der Waals surface area contributed by atoms with Crippen LogP contribution in [0, 0.1) is 5.82 Å². The lowest BCUT2D eigenvalue weighted by Gasteiger charge is -2.30. The second-order valence-electron chi connectivity index (χ2n) is 11.1. The van der Waals surface area contributed by atoms with Crippen molar-refractivity contribution < 1.29 is 46.1 Å². The van der Waals surface area contributed by atoms with Crippen molar-refractivity contribution in [3.63, 3.8) is 0 Å². The Bertz CT molecular complexity index is 1250. The molecule has 0 unspecified atom stereocenters. The molecule has 2 aromatic rings. The number of rotatable bonds is 10. The lowest BCUT2D eigenvalue weighted by molar-refractivity contribution is -0.186. The third-order valence-electron chi connectivity index (χ3n) is 6.73. The number of amides is 2. The first-order valence-corrected chi connectivity index (χ1v) is 13.7. The SMILES string of the molecule is COc1ccc(CN(CC[C@H](C)Oc2ccc(F)cc2[C@H]2CCCN2C(=O)C(F)(F)F)C(=O)OC(C)(C)C)c(OC)c1. The molecule has 2 amide bonds. The van der Waals surface area contributed by atoms with E-state index in [1.165, 1.54) is 25.2 Å². The van der Waals surface area contributed by atoms with Gasteiger partial charge in [-0.1, -0.05) is 0 Å². The third-order valence-corrected chi connectivity index (χ3v) is 6.73. The molecule has 1 fully saturated rings. The van der Waals surface area contributed by atoms with E-state index in [1.54, 1.807) is 45.9 Å². The van der Waals surface area contributed by atoms with Gasteiger partial charge in [0.05, 0.1) is 32.9 Å². The number of carbonyl (C=O) groups excluding carboxylic acids is 2. The van der Waals surface area contributed by atoms with Gasteiger partial charge >= 0.3 is 18.2 Å². The highest BCUT2D eigenvalue weighted by molar-refractivity contribution is 5.82. The van der Waals surface area contributed by atoms with E-state index >= 15 is 0 Å². The van der Waals surface area contributed by atoms with Gasteiger partial charge in [0.2, 0.25) is 0 Å². The molecule has 0 bridgehead atoms. The molecule has 0 spiro atoms. The van der Waals surface area contributed by atoms with Crippen LogP contribution in [0.25, 0.3) is 0 Å². The van der Waals surface area contributed by atoms with Crippen molar-refractivity contribution in [3.8, 4) is 17.2 Å². The van der Waals surface area contributed by atoms with Crippen molar-refractivity contribution in [1.29, 1.82) is 0 Å². The highest BCUT2D eigenvalue weighted by Gasteiger charge is 2.46. The van der Waals surface area contributed by atoms with E-state index in [0.29, 0.717) is 29.9 Å². The summed E-state index contributed by atoms with van der Waals surface area (Å²) in [6.07, 6.45) is -5.23. The zero-order valence-electron chi connectivity index (χ0n) is 24.7. The predicted octanol–water partition coefficient (Wildman–Crippen LogP) is 6.66. The van der Waals surface area contributed by atoms with Crippen LogP contribution in [0.5, 0.6) is 17.2 Å². The summed E-state index contributed by atoms with van der Waals surface area (Å²) in [7, 11) is 3.05. The molecule has 2 atom stereocenters. The normalized spacial score (nSPS) is 16.1. The van der Waals surface area contributed by atoms with Crippen molar-refractivity contribution in [1.82, 2.24) is 9.80 Å². The molecule has 0 saturated carbocycles. The largest absolute Gasteiger partial charge is 0.497 e. The van der Waals surface area contributed by atoms with Crippen molar-refractivity contribution in [3.05, 3.63) is 53.3 Å². The summed E-state index contributed by atoms with van der Waals surface area (Å²) in [5, 5.41) is 0. The average molecular weight is 599 g/mol. The molecule has 1 heterocycles. The number of methoxy groups -OCH3 is 2. The standard InChI is InChI=1S/C30H38F4N2O6/c1-19(41-25-12-10-21(31)16-23(25)24-8-7-14-36(24)27(37)30(32,33)34)13-15-35(28(38)42-29(2,3)4)18-20-9-11-22(39-5)17-26(20)40-6/h9-12,16-17,19,24H,7-8,13-15,18H2,1-6H3/t19-,24+/m0/s1. The first kappa shape index (κ1) is 32.8. The van der Waals surface area contributed by atoms with Gasteiger partial charge in [-0.05, 0) is 70.9 Å². The number of likely N-dealkylation sites (tertiary alicyclic amines) is 1. The number of carbonyl (C=O) groups is 2. The Morgan fingerprint density at radius 3 is 2.38 bits per heavy atom. The van der Waals surface area contributed by atoms with E-state index in [0.717, 1.165) is 17.0 Å². The Balaban J connectivity index is 1.79. The maximum Gasteiger partial charge on any atom is 0.471 e. The molecular weight excluding hydrogens is 560 g/mol. The van der Waals surface area contributed by atoms with Gasteiger partial charge in [-0.25, -0.2) is 9.18 Å². The van der Waals surface area contributed by atoms with Crippen molar-refractivity contribution in [2.45, 2.75) is 77.4 Å². The molecule has 0 N–H and O–H groups in total. The zero-order valence-corrected chi connectivity index (χ0v) is 24.7. The summed E-state index contributed by atoms with van der Waals surface area (Å²) in [4.78, 5) is 27.4. The minimum Gasteiger partial charge on any atom is -0.497 e. The van der Waals surface area contributed by atoms with Gasteiger partial charge in [0.25, 0.3) is 0 Å². The molecule has 8 nitrogen and oxygen atoms in total. The molecule has 12 heteroatoms. The van der Waals surface area contributed by atoms with Crippen LogP contribution in [0.1, 0.15) is 64.1 Å². The first-order valence-electron chi connectivity index (χ1n) is 13.7. The Morgan fingerprint density at radius 2 is 1.76 bits per heavy atom. The maximum atomic E-state index is 14.2. The Morgan fingerprint density at radius 1 is 1.05 bits per heavy atom. The summed E-state index contributed by atoms with van der Waals surface area (Å²) in [6.45, 7) is 7.28. The molecule has 0 aliphatic carbocycles. The van der Waals surface area contributed by atoms with Gasteiger partial charge in [0.15, 0.2) is 0 Å². The fraction of sp³-hybridized carbons (Fsp3) is 0.533. The Kier molecular flexibility index (Phi) is 10.6. The van der Waals surface area contributed by atoms with Crippen LogP contribution < -0.4 is 14.2 Å². The number of halogens is 4. The zero-order chi connectivity index (χ0) is 31.2. The molecule has 1 saturated heterocycles. The number of benzene rings is 2. The highest BCUT2D eigenvalue weighted by Crippen LogP contribution is 2.40. The predicted molar refractivity (Wildman–Crippen MR) is 147 cm³/mol. The van der Waals surface area contributed by atoms with E-state index in [2.05, 4.69) is 0 Å². The van der Waals surface area contributed by atoms with Crippen LogP contribution in [0.2, 0.25) is 0 Å². The molecule has 3 rings (SSSR count). The smallest absolute Gasteiger partial charge is 0.471 e. The van der Waals surface area contributed by atoms with Crippen molar-refractivity contribution >= 4 is 12.0 Å². The fourth-order valence-corrected chi connectivity index (χ4v) is 4.75. The summed E-state index contributed by atoms with van der Waals surface area (Å²) in [5.74, 6) is -1.32. The number of hydrogen-bond acceptors (Lipinski definition) is 6. The van der Waals surface area contributed by atoms with Crippen LogP contribution in [0.3, 0.4) is 0 Å². The number of ether oxygens (including phenoxy) is 4. The number of alkyl halides is 3. The summed E-state index contributed by atoms with van der Waals surface area (Å²) >= 11 is 0. The van der Waals surface area contributed by atoms with E-state index in [-0.39, 0.29) is 37.4 Å². The molecule has 0 radical (unpaired) electrons. The molecule has 232 valence electrons. The Hall–Kier alpha value is -3.70. The molecule has 2 aromatic carbocycles.